The molecule has 0 bridgehead atoms. The van der Waals surface area contributed by atoms with Crippen LogP contribution in [0.15, 0.2) is 39.6 Å². The topological polar surface area (TPSA) is 119 Å². The first kappa shape index (κ1) is 18.3. The highest BCUT2D eigenvalue weighted by molar-refractivity contribution is 6.11. The van der Waals surface area contributed by atoms with Crippen molar-refractivity contribution in [2.45, 2.75) is 39.2 Å². The lowest BCUT2D eigenvalue weighted by Crippen LogP contribution is -2.13. The van der Waals surface area contributed by atoms with Gasteiger partial charge in [-0.25, -0.2) is 14.8 Å². The SMILES string of the molecule is Cc1cc(C(=O)Nc2cccc(-c3noc(=O)[nH]3)c2)c2nc3n(c2n1)CCCCC3. The molecule has 0 aliphatic carbocycles. The third-order valence-electron chi connectivity index (χ3n) is 5.27. The number of carbonyl (C=O) groups excluding carboxylic acids is 1. The molecule has 2 N–H and O–H groups in total. The fourth-order valence-electron chi connectivity index (χ4n) is 3.89. The number of aromatic amines is 1. The van der Waals surface area contributed by atoms with Crippen molar-refractivity contribution in [3.05, 3.63) is 58.0 Å². The number of anilines is 1. The Morgan fingerprint density at radius 1 is 1.20 bits per heavy atom. The van der Waals surface area contributed by atoms with Crippen LogP contribution < -0.4 is 11.1 Å². The van der Waals surface area contributed by atoms with E-state index >= 15 is 0 Å². The number of pyridine rings is 1. The molecule has 0 fully saturated rings. The van der Waals surface area contributed by atoms with Gasteiger partial charge in [-0.2, -0.15) is 0 Å². The van der Waals surface area contributed by atoms with Gasteiger partial charge in [0.2, 0.25) is 0 Å². The molecule has 3 aromatic heterocycles. The van der Waals surface area contributed by atoms with E-state index in [-0.39, 0.29) is 5.91 Å². The van der Waals surface area contributed by atoms with Crippen molar-refractivity contribution in [2.75, 3.05) is 5.32 Å². The van der Waals surface area contributed by atoms with E-state index in [1.54, 1.807) is 30.3 Å². The zero-order valence-corrected chi connectivity index (χ0v) is 16.4. The average Bonchev–Trinajstić information content (AvgIpc) is 3.23. The molecule has 0 atom stereocenters. The zero-order valence-electron chi connectivity index (χ0n) is 16.4. The monoisotopic (exact) mass is 404 g/mol. The Balaban J connectivity index is 1.50. The smallest absolute Gasteiger partial charge is 0.322 e. The van der Waals surface area contributed by atoms with Crippen LogP contribution in [0.4, 0.5) is 5.69 Å². The van der Waals surface area contributed by atoms with Crippen LogP contribution in [0.2, 0.25) is 0 Å². The molecule has 5 rings (SSSR count). The molecular formula is C21H20N6O3. The number of carbonyl (C=O) groups is 1. The Hall–Kier alpha value is -3.75. The Bertz CT molecular complexity index is 1320. The molecule has 0 saturated carbocycles. The van der Waals surface area contributed by atoms with Gasteiger partial charge >= 0.3 is 5.76 Å². The fraction of sp³-hybridized carbons (Fsp3) is 0.286. The summed E-state index contributed by atoms with van der Waals surface area (Å²) < 4.78 is 6.70. The fourth-order valence-corrected chi connectivity index (χ4v) is 3.89. The van der Waals surface area contributed by atoms with Gasteiger partial charge in [0.1, 0.15) is 11.3 Å². The molecule has 9 heteroatoms. The summed E-state index contributed by atoms with van der Waals surface area (Å²) in [6.07, 6.45) is 4.26. The quantitative estimate of drug-likeness (QED) is 0.542. The van der Waals surface area contributed by atoms with Gasteiger partial charge in [-0.1, -0.05) is 23.7 Å². The standard InChI is InChI=1S/C21H20N6O3/c1-12-10-15(17-19(22-12)27-9-4-2-3-8-16(27)24-17)20(28)23-14-7-5-6-13(11-14)18-25-21(29)30-26-18/h5-7,10-11H,2-4,8-9H2,1H3,(H,23,28)(H,25,26,29). The molecule has 1 aromatic carbocycles. The highest BCUT2D eigenvalue weighted by atomic mass is 16.5. The van der Waals surface area contributed by atoms with Crippen molar-refractivity contribution in [3.63, 3.8) is 0 Å². The van der Waals surface area contributed by atoms with Gasteiger partial charge in [0.05, 0.1) is 5.56 Å². The molecule has 1 aliphatic rings. The molecule has 0 saturated heterocycles. The van der Waals surface area contributed by atoms with Gasteiger partial charge in [0.15, 0.2) is 11.5 Å². The second kappa shape index (κ2) is 7.25. The molecule has 152 valence electrons. The summed E-state index contributed by atoms with van der Waals surface area (Å²) in [6, 6.07) is 8.80. The van der Waals surface area contributed by atoms with Gasteiger partial charge in [-0.15, -0.1) is 0 Å². The first-order valence-electron chi connectivity index (χ1n) is 9.93. The predicted octanol–water partition coefficient (Wildman–Crippen LogP) is 3.06. The lowest BCUT2D eigenvalue weighted by Gasteiger charge is -2.08. The first-order chi connectivity index (χ1) is 14.6. The lowest BCUT2D eigenvalue weighted by atomic mass is 10.1. The molecule has 4 aromatic rings. The van der Waals surface area contributed by atoms with Crippen molar-refractivity contribution in [1.29, 1.82) is 0 Å². The number of aryl methyl sites for hydroxylation is 3. The number of amides is 1. The predicted molar refractivity (Wildman–Crippen MR) is 110 cm³/mol. The van der Waals surface area contributed by atoms with Gasteiger partial charge in [0, 0.05) is 29.9 Å². The maximum absolute atomic E-state index is 13.1. The van der Waals surface area contributed by atoms with E-state index in [0.717, 1.165) is 43.0 Å². The molecule has 1 aliphatic heterocycles. The minimum atomic E-state index is -0.631. The number of nitrogens with one attached hydrogen (secondary N) is 2. The average molecular weight is 404 g/mol. The van der Waals surface area contributed by atoms with E-state index in [1.807, 2.05) is 6.92 Å². The second-order valence-electron chi connectivity index (χ2n) is 7.45. The molecule has 1 amide bonds. The summed E-state index contributed by atoms with van der Waals surface area (Å²) in [6.45, 7) is 2.76. The minimum Gasteiger partial charge on any atom is -0.322 e. The van der Waals surface area contributed by atoms with Crippen molar-refractivity contribution in [1.82, 2.24) is 24.7 Å². The van der Waals surface area contributed by atoms with Gasteiger partial charge < -0.3 is 9.88 Å². The first-order valence-corrected chi connectivity index (χ1v) is 9.93. The third-order valence-corrected chi connectivity index (χ3v) is 5.27. The van der Waals surface area contributed by atoms with Gasteiger partial charge in [-0.3, -0.25) is 14.3 Å². The van der Waals surface area contributed by atoms with Crippen LogP contribution in [-0.2, 0) is 13.0 Å². The van der Waals surface area contributed by atoms with Crippen LogP contribution in [0.5, 0.6) is 0 Å². The van der Waals surface area contributed by atoms with E-state index in [2.05, 4.69) is 29.5 Å². The van der Waals surface area contributed by atoms with Crippen molar-refractivity contribution >= 4 is 22.8 Å². The van der Waals surface area contributed by atoms with Crippen LogP contribution in [-0.4, -0.2) is 30.6 Å². The summed E-state index contributed by atoms with van der Waals surface area (Å²) >= 11 is 0. The maximum atomic E-state index is 13.1. The van der Waals surface area contributed by atoms with Gasteiger partial charge in [0.25, 0.3) is 5.91 Å². The van der Waals surface area contributed by atoms with E-state index < -0.39 is 5.76 Å². The summed E-state index contributed by atoms with van der Waals surface area (Å²) in [5, 5.41) is 6.61. The van der Waals surface area contributed by atoms with Gasteiger partial charge in [-0.05, 0) is 38.0 Å². The highest BCUT2D eigenvalue weighted by Crippen LogP contribution is 2.25. The van der Waals surface area contributed by atoms with E-state index in [9.17, 15) is 9.59 Å². The summed E-state index contributed by atoms with van der Waals surface area (Å²) in [5.41, 5.74) is 3.87. The normalized spacial score (nSPS) is 13.8. The number of hydrogen-bond donors (Lipinski definition) is 2. The number of hydrogen-bond acceptors (Lipinski definition) is 6. The number of imidazole rings is 1. The number of aromatic nitrogens is 5. The lowest BCUT2D eigenvalue weighted by molar-refractivity contribution is 0.102. The Morgan fingerprint density at radius 3 is 2.93 bits per heavy atom. The van der Waals surface area contributed by atoms with E-state index in [4.69, 9.17) is 4.98 Å². The number of H-pyrrole nitrogens is 1. The zero-order chi connectivity index (χ0) is 20.7. The summed E-state index contributed by atoms with van der Waals surface area (Å²) in [5.74, 6) is 0.404. The molecule has 9 nitrogen and oxygen atoms in total. The molecule has 4 heterocycles. The van der Waals surface area contributed by atoms with E-state index in [1.165, 1.54) is 6.42 Å². The van der Waals surface area contributed by atoms with Crippen molar-refractivity contribution < 1.29 is 9.32 Å². The van der Waals surface area contributed by atoms with Crippen LogP contribution in [0.25, 0.3) is 22.6 Å². The van der Waals surface area contributed by atoms with Crippen LogP contribution >= 0.6 is 0 Å². The third kappa shape index (κ3) is 3.28. The molecule has 0 radical (unpaired) electrons. The van der Waals surface area contributed by atoms with E-state index in [0.29, 0.717) is 28.2 Å². The van der Waals surface area contributed by atoms with Crippen molar-refractivity contribution in [2.24, 2.45) is 0 Å². The number of fused-ring (bicyclic) bond motifs is 3. The molecule has 0 unspecified atom stereocenters. The Kier molecular flexibility index (Phi) is 4.42. The number of benzene rings is 1. The number of nitrogens with zero attached hydrogens (tertiary/aromatic N) is 4. The minimum absolute atomic E-state index is 0.260. The maximum Gasteiger partial charge on any atom is 0.439 e. The van der Waals surface area contributed by atoms with Crippen LogP contribution in [0, 0.1) is 6.92 Å². The highest BCUT2D eigenvalue weighted by Gasteiger charge is 2.21. The Labute approximate surface area is 171 Å². The largest absolute Gasteiger partial charge is 0.439 e. The molecular weight excluding hydrogens is 384 g/mol. The van der Waals surface area contributed by atoms with Crippen molar-refractivity contribution in [3.8, 4) is 11.4 Å². The molecule has 30 heavy (non-hydrogen) atoms. The van der Waals surface area contributed by atoms with Crippen LogP contribution in [0.1, 0.15) is 41.1 Å². The number of rotatable bonds is 3. The summed E-state index contributed by atoms with van der Waals surface area (Å²) in [4.78, 5) is 36.3. The van der Waals surface area contributed by atoms with Crippen LogP contribution in [0.3, 0.4) is 0 Å². The molecule has 0 spiro atoms. The Morgan fingerprint density at radius 2 is 2.10 bits per heavy atom. The second-order valence-corrected chi connectivity index (χ2v) is 7.45. The summed E-state index contributed by atoms with van der Waals surface area (Å²) in [7, 11) is 0.